The summed E-state index contributed by atoms with van der Waals surface area (Å²) in [5, 5.41) is 0. The Labute approximate surface area is 126 Å². The van der Waals surface area contributed by atoms with Crippen molar-refractivity contribution in [1.29, 1.82) is 0 Å². The van der Waals surface area contributed by atoms with Crippen LogP contribution in [0, 0.1) is 0 Å². The number of Topliss-reactive ketones (excluding diaryl/α,β-unsaturated/α-hetero) is 1. The highest BCUT2D eigenvalue weighted by molar-refractivity contribution is 6.06. The highest BCUT2D eigenvalue weighted by atomic mass is 16.1. The number of rotatable bonds is 4. The van der Waals surface area contributed by atoms with Crippen LogP contribution in [0.4, 0.5) is 0 Å². The quantitative estimate of drug-likeness (QED) is 0.728. The van der Waals surface area contributed by atoms with Crippen LogP contribution in [0.25, 0.3) is 0 Å². The molecule has 0 amide bonds. The molecule has 0 aliphatic heterocycles. The zero-order chi connectivity index (χ0) is 14.3. The van der Waals surface area contributed by atoms with E-state index in [1.807, 2.05) is 24.3 Å². The Morgan fingerprint density at radius 1 is 0.952 bits per heavy atom. The number of hydrogen-bond donors (Lipinski definition) is 0. The molecule has 2 aromatic rings. The van der Waals surface area contributed by atoms with Crippen LogP contribution in [0.3, 0.4) is 0 Å². The highest BCUT2D eigenvalue weighted by Crippen LogP contribution is 2.50. The van der Waals surface area contributed by atoms with Gasteiger partial charge in [-0.25, -0.2) is 0 Å². The van der Waals surface area contributed by atoms with E-state index in [1.165, 1.54) is 30.4 Å². The molecular weight excluding hydrogens is 256 g/mol. The van der Waals surface area contributed by atoms with Crippen molar-refractivity contribution < 1.29 is 4.79 Å². The van der Waals surface area contributed by atoms with E-state index in [9.17, 15) is 4.79 Å². The molecule has 0 heterocycles. The first-order chi connectivity index (χ1) is 10.3. The Morgan fingerprint density at radius 2 is 1.71 bits per heavy atom. The van der Waals surface area contributed by atoms with Crippen molar-refractivity contribution in [3.63, 3.8) is 0 Å². The van der Waals surface area contributed by atoms with Gasteiger partial charge in [0.15, 0.2) is 5.78 Å². The SMILES string of the molecule is O=C(c1cccc(C2CCC2)c1)C1(c2ccccc2)CC1. The molecular formula is C20H20O. The maximum atomic E-state index is 13.0. The van der Waals surface area contributed by atoms with E-state index in [-0.39, 0.29) is 5.41 Å². The van der Waals surface area contributed by atoms with E-state index in [0.29, 0.717) is 11.7 Å². The highest BCUT2D eigenvalue weighted by Gasteiger charge is 2.51. The van der Waals surface area contributed by atoms with Gasteiger partial charge in [0.25, 0.3) is 0 Å². The maximum Gasteiger partial charge on any atom is 0.173 e. The van der Waals surface area contributed by atoms with Crippen LogP contribution in [-0.2, 0) is 5.41 Å². The molecule has 2 aromatic carbocycles. The van der Waals surface area contributed by atoms with E-state index in [4.69, 9.17) is 0 Å². The fourth-order valence-corrected chi connectivity index (χ4v) is 3.48. The van der Waals surface area contributed by atoms with Gasteiger partial charge in [-0.1, -0.05) is 55.0 Å². The monoisotopic (exact) mass is 276 g/mol. The lowest BCUT2D eigenvalue weighted by Gasteiger charge is -2.26. The van der Waals surface area contributed by atoms with Gasteiger partial charge in [0.2, 0.25) is 0 Å². The summed E-state index contributed by atoms with van der Waals surface area (Å²) >= 11 is 0. The first kappa shape index (κ1) is 12.8. The Kier molecular flexibility index (Phi) is 2.95. The van der Waals surface area contributed by atoms with Crippen LogP contribution in [0.15, 0.2) is 54.6 Å². The predicted octanol–water partition coefficient (Wildman–Crippen LogP) is 4.87. The standard InChI is InChI=1S/C20H20O/c21-19(20(12-13-20)18-10-2-1-3-11-18)17-9-5-8-16(14-17)15-6-4-7-15/h1-3,5,8-11,14-15H,4,6-7,12-13H2. The molecule has 2 aliphatic rings. The molecule has 0 saturated heterocycles. The Morgan fingerprint density at radius 3 is 2.33 bits per heavy atom. The summed E-state index contributed by atoms with van der Waals surface area (Å²) in [5.74, 6) is 1.000. The van der Waals surface area contributed by atoms with Gasteiger partial charge < -0.3 is 0 Å². The third kappa shape index (κ3) is 2.12. The van der Waals surface area contributed by atoms with Crippen molar-refractivity contribution in [1.82, 2.24) is 0 Å². The van der Waals surface area contributed by atoms with E-state index in [1.54, 1.807) is 0 Å². The van der Waals surface area contributed by atoms with Crippen LogP contribution >= 0.6 is 0 Å². The summed E-state index contributed by atoms with van der Waals surface area (Å²) in [5.41, 5.74) is 3.21. The summed E-state index contributed by atoms with van der Waals surface area (Å²) < 4.78 is 0. The number of ketones is 1. The largest absolute Gasteiger partial charge is 0.293 e. The van der Waals surface area contributed by atoms with Gasteiger partial charge in [-0.15, -0.1) is 0 Å². The van der Waals surface area contributed by atoms with Gasteiger partial charge in [-0.3, -0.25) is 4.79 Å². The van der Waals surface area contributed by atoms with E-state index >= 15 is 0 Å². The minimum absolute atomic E-state index is 0.237. The second-order valence-corrected chi connectivity index (χ2v) is 6.53. The van der Waals surface area contributed by atoms with Gasteiger partial charge >= 0.3 is 0 Å². The van der Waals surface area contributed by atoms with Gasteiger partial charge in [-0.05, 0) is 48.8 Å². The van der Waals surface area contributed by atoms with E-state index in [0.717, 1.165) is 18.4 Å². The molecule has 0 radical (unpaired) electrons. The lowest BCUT2D eigenvalue weighted by Crippen LogP contribution is -2.21. The normalized spacial score (nSPS) is 19.8. The van der Waals surface area contributed by atoms with E-state index < -0.39 is 0 Å². The number of benzene rings is 2. The molecule has 2 aliphatic carbocycles. The Hall–Kier alpha value is -1.89. The van der Waals surface area contributed by atoms with Gasteiger partial charge in [0, 0.05) is 5.56 Å². The lowest BCUT2D eigenvalue weighted by molar-refractivity contribution is 0.0946. The van der Waals surface area contributed by atoms with Crippen molar-refractivity contribution >= 4 is 5.78 Å². The Bertz CT molecular complexity index is 663. The molecule has 0 atom stereocenters. The fourth-order valence-electron chi connectivity index (χ4n) is 3.48. The van der Waals surface area contributed by atoms with E-state index in [2.05, 4.69) is 30.3 Å². The topological polar surface area (TPSA) is 17.1 Å². The van der Waals surface area contributed by atoms with Crippen LogP contribution in [0.5, 0.6) is 0 Å². The summed E-state index contributed by atoms with van der Waals surface area (Å²) in [6, 6.07) is 18.7. The zero-order valence-corrected chi connectivity index (χ0v) is 12.2. The first-order valence-electron chi connectivity index (χ1n) is 8.00. The van der Waals surface area contributed by atoms with Crippen molar-refractivity contribution in [2.45, 2.75) is 43.4 Å². The third-order valence-electron chi connectivity index (χ3n) is 5.24. The minimum Gasteiger partial charge on any atom is -0.293 e. The van der Waals surface area contributed by atoms with Crippen molar-refractivity contribution in [2.24, 2.45) is 0 Å². The summed E-state index contributed by atoms with van der Waals surface area (Å²) in [6.07, 6.45) is 5.87. The van der Waals surface area contributed by atoms with Crippen LogP contribution in [0.1, 0.15) is 59.5 Å². The van der Waals surface area contributed by atoms with Crippen LogP contribution < -0.4 is 0 Å². The molecule has 0 aromatic heterocycles. The van der Waals surface area contributed by atoms with Gasteiger partial charge in [0.05, 0.1) is 5.41 Å². The van der Waals surface area contributed by atoms with Gasteiger partial charge in [0.1, 0.15) is 0 Å². The lowest BCUT2D eigenvalue weighted by atomic mass is 9.78. The molecule has 0 unspecified atom stereocenters. The number of hydrogen-bond acceptors (Lipinski definition) is 1. The molecule has 4 rings (SSSR count). The number of carbonyl (C=O) groups excluding carboxylic acids is 1. The molecule has 2 saturated carbocycles. The van der Waals surface area contributed by atoms with Crippen molar-refractivity contribution in [3.8, 4) is 0 Å². The average Bonchev–Trinajstić information content (AvgIpc) is 3.28. The molecule has 0 N–H and O–H groups in total. The summed E-state index contributed by atoms with van der Waals surface area (Å²) in [6.45, 7) is 0. The molecule has 1 nitrogen and oxygen atoms in total. The maximum absolute atomic E-state index is 13.0. The Balaban J connectivity index is 1.66. The van der Waals surface area contributed by atoms with Gasteiger partial charge in [-0.2, -0.15) is 0 Å². The second-order valence-electron chi connectivity index (χ2n) is 6.53. The smallest absolute Gasteiger partial charge is 0.173 e. The zero-order valence-electron chi connectivity index (χ0n) is 12.2. The van der Waals surface area contributed by atoms with Crippen molar-refractivity contribution in [2.75, 3.05) is 0 Å². The molecule has 21 heavy (non-hydrogen) atoms. The fraction of sp³-hybridized carbons (Fsp3) is 0.350. The molecule has 0 spiro atoms. The first-order valence-corrected chi connectivity index (χ1v) is 8.00. The third-order valence-corrected chi connectivity index (χ3v) is 5.24. The van der Waals surface area contributed by atoms with Crippen molar-refractivity contribution in [3.05, 3.63) is 71.3 Å². The predicted molar refractivity (Wildman–Crippen MR) is 84.7 cm³/mol. The average molecular weight is 276 g/mol. The molecule has 1 heteroatoms. The molecule has 106 valence electrons. The van der Waals surface area contributed by atoms with Crippen LogP contribution in [-0.4, -0.2) is 5.78 Å². The van der Waals surface area contributed by atoms with Crippen LogP contribution in [0.2, 0.25) is 0 Å². The second kappa shape index (κ2) is 4.84. The summed E-state index contributed by atoms with van der Waals surface area (Å²) in [4.78, 5) is 13.0. The summed E-state index contributed by atoms with van der Waals surface area (Å²) in [7, 11) is 0. The molecule has 0 bridgehead atoms. The minimum atomic E-state index is -0.237. The number of carbonyl (C=O) groups is 1. The molecule has 2 fully saturated rings.